The van der Waals surface area contributed by atoms with Crippen LogP contribution in [0, 0.1) is 10.8 Å². The average molecular weight is 241 g/mol. The quantitative estimate of drug-likeness (QED) is 0.749. The van der Waals surface area contributed by atoms with E-state index in [9.17, 15) is 9.59 Å². The summed E-state index contributed by atoms with van der Waals surface area (Å²) in [6, 6.07) is 0. The summed E-state index contributed by atoms with van der Waals surface area (Å²) in [5.41, 5.74) is -0.205. The van der Waals surface area contributed by atoms with Gasteiger partial charge in [0, 0.05) is 13.0 Å². The summed E-state index contributed by atoms with van der Waals surface area (Å²) in [7, 11) is 0. The molecule has 1 amide bonds. The highest BCUT2D eigenvalue weighted by atomic mass is 16.4. The van der Waals surface area contributed by atoms with Crippen molar-refractivity contribution in [1.82, 2.24) is 5.32 Å². The molecule has 0 aromatic heterocycles. The van der Waals surface area contributed by atoms with Gasteiger partial charge in [-0.2, -0.15) is 0 Å². The van der Waals surface area contributed by atoms with Crippen molar-refractivity contribution in [2.75, 3.05) is 6.54 Å². The molecule has 4 heteroatoms. The van der Waals surface area contributed by atoms with Crippen LogP contribution < -0.4 is 5.32 Å². The first-order valence-electron chi connectivity index (χ1n) is 6.21. The van der Waals surface area contributed by atoms with Crippen LogP contribution in [0.4, 0.5) is 0 Å². The lowest BCUT2D eigenvalue weighted by molar-refractivity contribution is -0.139. The van der Waals surface area contributed by atoms with Crippen LogP contribution in [0.15, 0.2) is 0 Å². The number of carbonyl (C=O) groups is 2. The largest absolute Gasteiger partial charge is 0.481 e. The van der Waals surface area contributed by atoms with Crippen molar-refractivity contribution in [3.8, 4) is 0 Å². The molecule has 0 heterocycles. The predicted molar refractivity (Wildman–Crippen MR) is 65.6 cm³/mol. The normalized spacial score (nSPS) is 18.3. The summed E-state index contributed by atoms with van der Waals surface area (Å²) in [4.78, 5) is 22.4. The van der Waals surface area contributed by atoms with Crippen molar-refractivity contribution in [2.45, 2.75) is 52.9 Å². The number of carbonyl (C=O) groups excluding carboxylic acids is 1. The second-order valence-corrected chi connectivity index (χ2v) is 6.35. The Kier molecular flexibility index (Phi) is 4.17. The molecule has 1 aliphatic carbocycles. The van der Waals surface area contributed by atoms with Crippen molar-refractivity contribution in [1.29, 1.82) is 0 Å². The Balaban J connectivity index is 2.30. The Morgan fingerprint density at radius 2 is 1.88 bits per heavy atom. The van der Waals surface area contributed by atoms with Gasteiger partial charge in [0.25, 0.3) is 0 Å². The lowest BCUT2D eigenvalue weighted by atomic mass is 9.70. The first kappa shape index (κ1) is 14.0. The Morgan fingerprint density at radius 3 is 2.29 bits per heavy atom. The molecular formula is C13H23NO3. The minimum atomic E-state index is -0.853. The number of carboxylic acids is 1. The first-order valence-corrected chi connectivity index (χ1v) is 6.21. The zero-order valence-corrected chi connectivity index (χ0v) is 11.0. The number of amides is 1. The molecule has 17 heavy (non-hydrogen) atoms. The van der Waals surface area contributed by atoms with Crippen molar-refractivity contribution in [2.24, 2.45) is 10.8 Å². The SMILES string of the molecule is CC(C)(CC(=O)O)CC(=O)NCC1(C)CCC1. The molecular weight excluding hydrogens is 218 g/mol. The smallest absolute Gasteiger partial charge is 0.303 e. The summed E-state index contributed by atoms with van der Waals surface area (Å²) >= 11 is 0. The zero-order valence-electron chi connectivity index (χ0n) is 11.0. The summed E-state index contributed by atoms with van der Waals surface area (Å²) < 4.78 is 0. The Labute approximate surface area is 103 Å². The number of rotatable bonds is 6. The van der Waals surface area contributed by atoms with Crippen LogP contribution in [0.2, 0.25) is 0 Å². The van der Waals surface area contributed by atoms with Gasteiger partial charge in [-0.15, -0.1) is 0 Å². The van der Waals surface area contributed by atoms with Gasteiger partial charge in [-0.05, 0) is 23.7 Å². The molecule has 0 saturated heterocycles. The van der Waals surface area contributed by atoms with Crippen LogP contribution in [-0.4, -0.2) is 23.5 Å². The topological polar surface area (TPSA) is 66.4 Å². The van der Waals surface area contributed by atoms with E-state index in [0.717, 1.165) is 6.54 Å². The lowest BCUT2D eigenvalue weighted by Gasteiger charge is -2.38. The van der Waals surface area contributed by atoms with Gasteiger partial charge >= 0.3 is 5.97 Å². The second-order valence-electron chi connectivity index (χ2n) is 6.35. The second kappa shape index (κ2) is 5.07. The molecule has 0 spiro atoms. The van der Waals surface area contributed by atoms with Gasteiger partial charge in [0.15, 0.2) is 0 Å². The van der Waals surface area contributed by atoms with Gasteiger partial charge in [0.1, 0.15) is 0 Å². The van der Waals surface area contributed by atoms with Gasteiger partial charge in [-0.3, -0.25) is 9.59 Å². The average Bonchev–Trinajstić information content (AvgIpc) is 2.08. The molecule has 1 fully saturated rings. The van der Waals surface area contributed by atoms with E-state index < -0.39 is 11.4 Å². The third-order valence-corrected chi connectivity index (χ3v) is 3.54. The fourth-order valence-corrected chi connectivity index (χ4v) is 2.24. The van der Waals surface area contributed by atoms with Gasteiger partial charge in [-0.25, -0.2) is 0 Å². The Morgan fingerprint density at radius 1 is 1.29 bits per heavy atom. The Bertz CT molecular complexity index is 306. The fourth-order valence-electron chi connectivity index (χ4n) is 2.24. The summed E-state index contributed by atoms with van der Waals surface area (Å²) in [6.07, 6.45) is 3.89. The van der Waals surface area contributed by atoms with E-state index in [1.807, 2.05) is 13.8 Å². The highest BCUT2D eigenvalue weighted by Gasteiger charge is 2.32. The van der Waals surface area contributed by atoms with Crippen molar-refractivity contribution in [3.05, 3.63) is 0 Å². The molecule has 0 unspecified atom stereocenters. The van der Waals surface area contributed by atoms with E-state index in [-0.39, 0.29) is 24.2 Å². The minimum Gasteiger partial charge on any atom is -0.481 e. The van der Waals surface area contributed by atoms with Crippen LogP contribution in [0.1, 0.15) is 52.9 Å². The van der Waals surface area contributed by atoms with E-state index in [1.165, 1.54) is 19.3 Å². The van der Waals surface area contributed by atoms with Crippen LogP contribution >= 0.6 is 0 Å². The zero-order chi connectivity index (χ0) is 13.1. The van der Waals surface area contributed by atoms with E-state index in [1.54, 1.807) is 0 Å². The monoisotopic (exact) mass is 241 g/mol. The highest BCUT2D eigenvalue weighted by Crippen LogP contribution is 2.39. The van der Waals surface area contributed by atoms with Gasteiger partial charge in [-0.1, -0.05) is 27.2 Å². The minimum absolute atomic E-state index is 0.0255. The van der Waals surface area contributed by atoms with Gasteiger partial charge < -0.3 is 10.4 Å². The third kappa shape index (κ3) is 4.75. The number of nitrogens with one attached hydrogen (secondary N) is 1. The number of hydrogen-bond donors (Lipinski definition) is 2. The molecule has 98 valence electrons. The van der Waals surface area contributed by atoms with Crippen LogP contribution in [-0.2, 0) is 9.59 Å². The van der Waals surface area contributed by atoms with E-state index in [0.29, 0.717) is 0 Å². The summed E-state index contributed by atoms with van der Waals surface area (Å²) in [5.74, 6) is -0.891. The molecule has 0 aromatic carbocycles. The molecule has 4 nitrogen and oxygen atoms in total. The maximum Gasteiger partial charge on any atom is 0.303 e. The van der Waals surface area contributed by atoms with Crippen LogP contribution in [0.5, 0.6) is 0 Å². The standard InChI is InChI=1S/C13H23NO3/c1-12(2,8-11(16)17)7-10(15)14-9-13(3)5-4-6-13/h4-9H2,1-3H3,(H,14,15)(H,16,17). The maximum atomic E-state index is 11.7. The number of aliphatic carboxylic acids is 1. The maximum absolute atomic E-state index is 11.7. The highest BCUT2D eigenvalue weighted by molar-refractivity contribution is 5.77. The van der Waals surface area contributed by atoms with Crippen LogP contribution in [0.25, 0.3) is 0 Å². The molecule has 0 radical (unpaired) electrons. The van der Waals surface area contributed by atoms with Crippen molar-refractivity contribution < 1.29 is 14.7 Å². The van der Waals surface area contributed by atoms with Gasteiger partial charge in [0.2, 0.25) is 5.91 Å². The van der Waals surface area contributed by atoms with E-state index in [2.05, 4.69) is 12.2 Å². The molecule has 2 N–H and O–H groups in total. The van der Waals surface area contributed by atoms with E-state index >= 15 is 0 Å². The van der Waals surface area contributed by atoms with Crippen molar-refractivity contribution in [3.63, 3.8) is 0 Å². The van der Waals surface area contributed by atoms with Gasteiger partial charge in [0.05, 0.1) is 6.42 Å². The fraction of sp³-hybridized carbons (Fsp3) is 0.846. The Hall–Kier alpha value is -1.06. The molecule has 0 aromatic rings. The molecule has 1 rings (SSSR count). The predicted octanol–water partition coefficient (Wildman–Crippen LogP) is 2.18. The number of carboxylic acid groups (broad SMARTS) is 1. The summed E-state index contributed by atoms with van der Waals surface area (Å²) in [6.45, 7) is 6.52. The summed E-state index contributed by atoms with van der Waals surface area (Å²) in [5, 5.41) is 11.7. The molecule has 0 aliphatic heterocycles. The molecule has 0 bridgehead atoms. The van der Waals surface area contributed by atoms with E-state index in [4.69, 9.17) is 5.11 Å². The lowest BCUT2D eigenvalue weighted by Crippen LogP contribution is -2.41. The van der Waals surface area contributed by atoms with Crippen LogP contribution in [0.3, 0.4) is 0 Å². The third-order valence-electron chi connectivity index (χ3n) is 3.54. The number of hydrogen-bond acceptors (Lipinski definition) is 2. The first-order chi connectivity index (χ1) is 7.72. The molecule has 1 saturated carbocycles. The molecule has 1 aliphatic rings. The van der Waals surface area contributed by atoms with Crippen molar-refractivity contribution >= 4 is 11.9 Å². The molecule has 0 atom stereocenters.